The van der Waals surface area contributed by atoms with Crippen molar-refractivity contribution in [2.24, 2.45) is 7.05 Å². The number of ether oxygens (including phenoxy) is 1. The van der Waals surface area contributed by atoms with Gasteiger partial charge in [0.25, 0.3) is 0 Å². The second-order valence-electron chi connectivity index (χ2n) is 7.29. The van der Waals surface area contributed by atoms with E-state index in [4.69, 9.17) is 4.74 Å². The second-order valence-corrected chi connectivity index (χ2v) is 7.29. The number of nitrogens with one attached hydrogen (secondary N) is 1. The molecule has 26 heavy (non-hydrogen) atoms. The van der Waals surface area contributed by atoms with E-state index in [0.717, 1.165) is 37.4 Å². The molecule has 0 unspecified atom stereocenters. The third-order valence-corrected chi connectivity index (χ3v) is 5.73. The number of nitrogens with zero attached hydrogens (tertiary/aromatic N) is 3. The number of aromatic nitrogens is 2. The largest absolute Gasteiger partial charge is 0.372 e. The van der Waals surface area contributed by atoms with E-state index in [1.165, 1.54) is 16.7 Å². The third kappa shape index (κ3) is 3.04. The summed E-state index contributed by atoms with van der Waals surface area (Å²) < 4.78 is 7.89. The van der Waals surface area contributed by atoms with E-state index in [2.05, 4.69) is 35.5 Å². The first-order valence-corrected chi connectivity index (χ1v) is 9.26. The number of hydrogen-bond acceptors (Lipinski definition) is 4. The molecule has 2 aliphatic heterocycles. The maximum absolute atomic E-state index is 11.8. The Kier molecular flexibility index (Phi) is 4.54. The van der Waals surface area contributed by atoms with Crippen LogP contribution in [0.4, 0.5) is 5.69 Å². The predicted octanol–water partition coefficient (Wildman–Crippen LogP) is 2.26. The van der Waals surface area contributed by atoms with Gasteiger partial charge in [0, 0.05) is 56.7 Å². The van der Waals surface area contributed by atoms with Crippen molar-refractivity contribution in [2.45, 2.75) is 44.9 Å². The number of amides is 1. The highest BCUT2D eigenvalue weighted by Gasteiger charge is 2.31. The van der Waals surface area contributed by atoms with Gasteiger partial charge >= 0.3 is 0 Å². The van der Waals surface area contributed by atoms with Gasteiger partial charge in [-0.15, -0.1) is 0 Å². The van der Waals surface area contributed by atoms with E-state index < -0.39 is 0 Å². The van der Waals surface area contributed by atoms with Crippen LogP contribution in [0.15, 0.2) is 24.4 Å². The van der Waals surface area contributed by atoms with Crippen LogP contribution in [0.25, 0.3) is 0 Å². The van der Waals surface area contributed by atoms with E-state index in [1.807, 2.05) is 25.0 Å². The lowest BCUT2D eigenvalue weighted by Gasteiger charge is -2.26. The molecule has 0 spiro atoms. The summed E-state index contributed by atoms with van der Waals surface area (Å²) in [7, 11) is 3.82. The predicted molar refractivity (Wildman–Crippen MR) is 100 cm³/mol. The van der Waals surface area contributed by atoms with Gasteiger partial charge in [-0.3, -0.25) is 9.48 Å². The van der Waals surface area contributed by atoms with Crippen molar-refractivity contribution in [3.05, 3.63) is 46.8 Å². The molecule has 6 nitrogen and oxygen atoms in total. The summed E-state index contributed by atoms with van der Waals surface area (Å²) in [5, 5.41) is 8.02. The Bertz CT molecular complexity index is 829. The minimum absolute atomic E-state index is 0.0603. The van der Waals surface area contributed by atoms with Crippen molar-refractivity contribution >= 4 is 11.6 Å². The van der Waals surface area contributed by atoms with Crippen LogP contribution in [0, 0.1) is 6.92 Å². The van der Waals surface area contributed by atoms with E-state index in [9.17, 15) is 4.79 Å². The fourth-order valence-corrected chi connectivity index (χ4v) is 3.97. The summed E-state index contributed by atoms with van der Waals surface area (Å²) in [4.78, 5) is 13.6. The fourth-order valence-electron chi connectivity index (χ4n) is 3.97. The average Bonchev–Trinajstić information content (AvgIpc) is 3.23. The number of benzene rings is 1. The summed E-state index contributed by atoms with van der Waals surface area (Å²) in [6, 6.07) is 6.70. The first-order valence-electron chi connectivity index (χ1n) is 9.26. The van der Waals surface area contributed by atoms with Gasteiger partial charge in [-0.25, -0.2) is 0 Å². The topological polar surface area (TPSA) is 59.4 Å². The monoisotopic (exact) mass is 354 g/mol. The molecule has 2 aliphatic rings. The normalized spacial score (nSPS) is 22.7. The average molecular weight is 354 g/mol. The first-order chi connectivity index (χ1) is 12.5. The highest BCUT2D eigenvalue weighted by Crippen LogP contribution is 2.32. The molecule has 6 heteroatoms. The lowest BCUT2D eigenvalue weighted by Crippen LogP contribution is -2.32. The van der Waals surface area contributed by atoms with Crippen LogP contribution >= 0.6 is 0 Å². The van der Waals surface area contributed by atoms with Crippen LogP contribution in [-0.4, -0.2) is 35.4 Å². The molecule has 4 rings (SSSR count). The minimum Gasteiger partial charge on any atom is -0.372 e. The quantitative estimate of drug-likeness (QED) is 0.915. The molecule has 1 fully saturated rings. The zero-order valence-electron chi connectivity index (χ0n) is 15.7. The smallest absolute Gasteiger partial charge is 0.227 e. The molecule has 0 radical (unpaired) electrons. The number of carbonyl (C=O) groups is 1. The van der Waals surface area contributed by atoms with Gasteiger partial charge in [-0.2, -0.15) is 5.10 Å². The van der Waals surface area contributed by atoms with Gasteiger partial charge < -0.3 is 15.0 Å². The molecular formula is C20H26N4O2. The number of fused-ring (bicyclic) bond motifs is 1. The number of rotatable bonds is 4. The van der Waals surface area contributed by atoms with Crippen molar-refractivity contribution in [1.29, 1.82) is 0 Å². The Morgan fingerprint density at radius 3 is 2.92 bits per heavy atom. The van der Waals surface area contributed by atoms with Crippen molar-refractivity contribution in [1.82, 2.24) is 15.1 Å². The van der Waals surface area contributed by atoms with Crippen molar-refractivity contribution in [2.75, 3.05) is 18.6 Å². The van der Waals surface area contributed by atoms with Gasteiger partial charge in [0.2, 0.25) is 5.91 Å². The van der Waals surface area contributed by atoms with Crippen molar-refractivity contribution in [3.8, 4) is 0 Å². The fraction of sp³-hybridized carbons (Fsp3) is 0.500. The van der Waals surface area contributed by atoms with E-state index in [1.54, 1.807) is 4.90 Å². The van der Waals surface area contributed by atoms with Crippen LogP contribution in [0.3, 0.4) is 0 Å². The number of anilines is 1. The lowest BCUT2D eigenvalue weighted by molar-refractivity contribution is -0.118. The van der Waals surface area contributed by atoms with Crippen LogP contribution < -0.4 is 10.2 Å². The van der Waals surface area contributed by atoms with Gasteiger partial charge in [-0.05, 0) is 37.0 Å². The molecule has 1 amide bonds. The maximum atomic E-state index is 11.8. The zero-order chi connectivity index (χ0) is 18.3. The Labute approximate surface area is 154 Å². The van der Waals surface area contributed by atoms with Gasteiger partial charge in [0.15, 0.2) is 0 Å². The number of hydrogen-bond donors (Lipinski definition) is 1. The molecule has 1 N–H and O–H groups in total. The first kappa shape index (κ1) is 17.2. The summed E-state index contributed by atoms with van der Waals surface area (Å²) in [6.45, 7) is 3.66. The summed E-state index contributed by atoms with van der Waals surface area (Å²) >= 11 is 0. The molecule has 138 valence electrons. The van der Waals surface area contributed by atoms with Crippen LogP contribution in [-0.2, 0) is 29.5 Å². The second kappa shape index (κ2) is 6.85. The standard InChI is InChI=1S/C20H26N4O2/c1-13-16(12-22-24(13)3)20-17(8-9-26-20)21-11-14-4-6-18-15(10-14)5-7-19(25)23(18)2/h4,6,10,12,17,20-21H,5,7-9,11H2,1-3H3/t17-,20+/m0/s1. The SMILES string of the molecule is Cc1c([C@H]2OCC[C@@H]2NCc2ccc3c(c2)CCC(=O)N3C)cnn1C. The van der Waals surface area contributed by atoms with E-state index in [-0.39, 0.29) is 18.1 Å². The van der Waals surface area contributed by atoms with Crippen molar-refractivity contribution in [3.63, 3.8) is 0 Å². The molecule has 0 aliphatic carbocycles. The molecule has 1 saturated heterocycles. The molecule has 0 saturated carbocycles. The molecule has 0 bridgehead atoms. The molecule has 1 aromatic carbocycles. The van der Waals surface area contributed by atoms with Crippen LogP contribution in [0.2, 0.25) is 0 Å². The van der Waals surface area contributed by atoms with E-state index >= 15 is 0 Å². The van der Waals surface area contributed by atoms with E-state index in [0.29, 0.717) is 6.42 Å². The van der Waals surface area contributed by atoms with Crippen LogP contribution in [0.1, 0.15) is 41.3 Å². The molecule has 3 heterocycles. The zero-order valence-corrected chi connectivity index (χ0v) is 15.7. The van der Waals surface area contributed by atoms with Crippen molar-refractivity contribution < 1.29 is 9.53 Å². The van der Waals surface area contributed by atoms with Gasteiger partial charge in [-0.1, -0.05) is 12.1 Å². The van der Waals surface area contributed by atoms with Gasteiger partial charge in [0.05, 0.1) is 6.20 Å². The van der Waals surface area contributed by atoms with Crippen LogP contribution in [0.5, 0.6) is 0 Å². The molecule has 2 aromatic rings. The third-order valence-electron chi connectivity index (χ3n) is 5.73. The number of carbonyl (C=O) groups excluding carboxylic acids is 1. The Hall–Kier alpha value is -2.18. The number of aryl methyl sites for hydroxylation is 2. The molecule has 1 aromatic heterocycles. The Morgan fingerprint density at radius 1 is 1.31 bits per heavy atom. The Balaban J connectivity index is 1.45. The maximum Gasteiger partial charge on any atom is 0.227 e. The Morgan fingerprint density at radius 2 is 2.15 bits per heavy atom. The summed E-state index contributed by atoms with van der Waals surface area (Å²) in [6.07, 6.45) is 4.41. The minimum atomic E-state index is 0.0603. The summed E-state index contributed by atoms with van der Waals surface area (Å²) in [5.41, 5.74) is 5.88. The highest BCUT2D eigenvalue weighted by atomic mass is 16.5. The highest BCUT2D eigenvalue weighted by molar-refractivity contribution is 5.95. The summed E-state index contributed by atoms with van der Waals surface area (Å²) in [5.74, 6) is 0.196. The molecule has 2 atom stereocenters. The lowest BCUT2D eigenvalue weighted by atomic mass is 9.98. The van der Waals surface area contributed by atoms with Gasteiger partial charge in [0.1, 0.15) is 6.10 Å². The molecular weight excluding hydrogens is 328 g/mol.